The van der Waals surface area contributed by atoms with E-state index in [-0.39, 0.29) is 0 Å². The minimum Gasteiger partial charge on any atom is -0.376 e. The Hall–Kier alpha value is -2.01. The van der Waals surface area contributed by atoms with Gasteiger partial charge >= 0.3 is 0 Å². The second-order valence-electron chi connectivity index (χ2n) is 5.65. The molecule has 0 N–H and O–H groups in total. The van der Waals surface area contributed by atoms with Crippen molar-refractivity contribution in [3.63, 3.8) is 0 Å². The molecule has 5 nitrogen and oxygen atoms in total. The standard InChI is InChI=1S/C17H22N4O/c1-3-14-11-16(21(2)12-15-5-4-10-22-15)20-17(19-14)13-6-8-18-9-7-13/h6-9,11,15H,3-5,10,12H2,1-2H3. The van der Waals surface area contributed by atoms with Gasteiger partial charge in [-0.2, -0.15) is 0 Å². The minimum atomic E-state index is 0.314. The van der Waals surface area contributed by atoms with Crippen LogP contribution in [0.3, 0.4) is 0 Å². The van der Waals surface area contributed by atoms with Gasteiger partial charge in [0.25, 0.3) is 0 Å². The fraction of sp³-hybridized carbons (Fsp3) is 0.471. The normalized spacial score (nSPS) is 17.6. The summed E-state index contributed by atoms with van der Waals surface area (Å²) in [6.07, 6.45) is 7.04. The van der Waals surface area contributed by atoms with Crippen LogP contribution in [0.15, 0.2) is 30.6 Å². The number of likely N-dealkylation sites (N-methyl/N-ethyl adjacent to an activating group) is 1. The predicted molar refractivity (Wildman–Crippen MR) is 86.9 cm³/mol. The molecule has 1 saturated heterocycles. The third-order valence-corrected chi connectivity index (χ3v) is 3.96. The molecule has 1 fully saturated rings. The fourth-order valence-electron chi connectivity index (χ4n) is 2.68. The van der Waals surface area contributed by atoms with Gasteiger partial charge in [0.2, 0.25) is 0 Å². The first-order valence-corrected chi connectivity index (χ1v) is 7.87. The van der Waals surface area contributed by atoms with E-state index in [1.807, 2.05) is 12.1 Å². The first-order chi connectivity index (χ1) is 10.8. The van der Waals surface area contributed by atoms with Gasteiger partial charge in [0.15, 0.2) is 5.82 Å². The van der Waals surface area contributed by atoms with E-state index in [0.29, 0.717) is 6.10 Å². The predicted octanol–water partition coefficient (Wildman–Crippen LogP) is 2.72. The highest BCUT2D eigenvalue weighted by molar-refractivity contribution is 5.57. The first kappa shape index (κ1) is 14.9. The lowest BCUT2D eigenvalue weighted by Crippen LogP contribution is -2.29. The molecule has 0 radical (unpaired) electrons. The van der Waals surface area contributed by atoms with Crippen molar-refractivity contribution in [2.75, 3.05) is 25.1 Å². The zero-order valence-corrected chi connectivity index (χ0v) is 13.2. The molecule has 0 saturated carbocycles. The Kier molecular flexibility index (Phi) is 4.63. The second kappa shape index (κ2) is 6.83. The van der Waals surface area contributed by atoms with E-state index in [1.165, 1.54) is 0 Å². The summed E-state index contributed by atoms with van der Waals surface area (Å²) in [4.78, 5) is 15.6. The SMILES string of the molecule is CCc1cc(N(C)CC2CCCO2)nc(-c2ccncc2)n1. The minimum absolute atomic E-state index is 0.314. The molecule has 0 bridgehead atoms. The number of anilines is 1. The Morgan fingerprint density at radius 1 is 1.27 bits per heavy atom. The molecule has 1 aliphatic heterocycles. The van der Waals surface area contributed by atoms with Crippen LogP contribution in [0.25, 0.3) is 11.4 Å². The van der Waals surface area contributed by atoms with Crippen molar-refractivity contribution in [1.82, 2.24) is 15.0 Å². The van der Waals surface area contributed by atoms with Gasteiger partial charge < -0.3 is 9.64 Å². The molecule has 3 heterocycles. The van der Waals surface area contributed by atoms with Gasteiger partial charge in [-0.15, -0.1) is 0 Å². The molecule has 0 amide bonds. The van der Waals surface area contributed by atoms with E-state index < -0.39 is 0 Å². The molecule has 0 aromatic carbocycles. The summed E-state index contributed by atoms with van der Waals surface area (Å²) in [5.41, 5.74) is 2.05. The van der Waals surface area contributed by atoms with Crippen molar-refractivity contribution in [3.05, 3.63) is 36.3 Å². The summed E-state index contributed by atoms with van der Waals surface area (Å²) in [7, 11) is 2.07. The number of rotatable bonds is 5. The van der Waals surface area contributed by atoms with Gasteiger partial charge in [0.05, 0.1) is 6.10 Å². The quantitative estimate of drug-likeness (QED) is 0.849. The molecule has 0 aliphatic carbocycles. The van der Waals surface area contributed by atoms with Gasteiger partial charge in [-0.3, -0.25) is 4.98 Å². The van der Waals surface area contributed by atoms with Crippen LogP contribution in [0.1, 0.15) is 25.5 Å². The Labute approximate surface area is 131 Å². The third kappa shape index (κ3) is 3.42. The van der Waals surface area contributed by atoms with Gasteiger partial charge in [-0.05, 0) is 31.4 Å². The number of pyridine rings is 1. The number of hydrogen-bond donors (Lipinski definition) is 0. The van der Waals surface area contributed by atoms with Crippen molar-refractivity contribution >= 4 is 5.82 Å². The van der Waals surface area contributed by atoms with Crippen molar-refractivity contribution in [3.8, 4) is 11.4 Å². The zero-order valence-electron chi connectivity index (χ0n) is 13.2. The van der Waals surface area contributed by atoms with E-state index in [1.54, 1.807) is 12.4 Å². The Bertz CT molecular complexity index is 611. The summed E-state index contributed by atoms with van der Waals surface area (Å²) in [5.74, 6) is 1.71. The van der Waals surface area contributed by atoms with Crippen LogP contribution in [-0.4, -0.2) is 41.3 Å². The molecular weight excluding hydrogens is 276 g/mol. The summed E-state index contributed by atoms with van der Waals surface area (Å²) in [6, 6.07) is 5.96. The van der Waals surface area contributed by atoms with E-state index in [2.05, 4.69) is 34.9 Å². The highest BCUT2D eigenvalue weighted by atomic mass is 16.5. The Morgan fingerprint density at radius 3 is 2.77 bits per heavy atom. The topological polar surface area (TPSA) is 51.1 Å². The number of ether oxygens (including phenoxy) is 1. The summed E-state index contributed by atoms with van der Waals surface area (Å²) >= 11 is 0. The van der Waals surface area contributed by atoms with Crippen LogP contribution in [0.4, 0.5) is 5.82 Å². The summed E-state index contributed by atoms with van der Waals surface area (Å²) < 4.78 is 5.72. The van der Waals surface area contributed by atoms with Crippen LogP contribution < -0.4 is 4.90 Å². The molecule has 2 aromatic rings. The monoisotopic (exact) mass is 298 g/mol. The van der Waals surface area contributed by atoms with Crippen molar-refractivity contribution in [2.24, 2.45) is 0 Å². The van der Waals surface area contributed by atoms with Gasteiger partial charge in [-0.25, -0.2) is 9.97 Å². The summed E-state index contributed by atoms with van der Waals surface area (Å²) in [6.45, 7) is 3.86. The molecule has 1 atom stereocenters. The maximum Gasteiger partial charge on any atom is 0.161 e. The Morgan fingerprint density at radius 2 is 2.09 bits per heavy atom. The van der Waals surface area contributed by atoms with Gasteiger partial charge in [-0.1, -0.05) is 6.92 Å². The number of aryl methyl sites for hydroxylation is 1. The lowest BCUT2D eigenvalue weighted by Gasteiger charge is -2.22. The zero-order chi connectivity index (χ0) is 15.4. The molecule has 116 valence electrons. The fourth-order valence-corrected chi connectivity index (χ4v) is 2.68. The van der Waals surface area contributed by atoms with Crippen molar-refractivity contribution in [1.29, 1.82) is 0 Å². The highest BCUT2D eigenvalue weighted by Gasteiger charge is 2.19. The van der Waals surface area contributed by atoms with E-state index in [0.717, 1.165) is 55.3 Å². The first-order valence-electron chi connectivity index (χ1n) is 7.87. The molecule has 5 heteroatoms. The summed E-state index contributed by atoms with van der Waals surface area (Å²) in [5, 5.41) is 0. The van der Waals surface area contributed by atoms with Crippen molar-refractivity contribution in [2.45, 2.75) is 32.3 Å². The molecule has 1 aliphatic rings. The van der Waals surface area contributed by atoms with Gasteiger partial charge in [0, 0.05) is 49.9 Å². The average Bonchev–Trinajstić information content (AvgIpc) is 3.08. The third-order valence-electron chi connectivity index (χ3n) is 3.96. The largest absolute Gasteiger partial charge is 0.376 e. The van der Waals surface area contributed by atoms with E-state index in [9.17, 15) is 0 Å². The van der Waals surface area contributed by atoms with Crippen LogP contribution in [0.2, 0.25) is 0 Å². The lowest BCUT2D eigenvalue weighted by molar-refractivity contribution is 0.116. The molecular formula is C17H22N4O. The molecule has 3 rings (SSSR count). The van der Waals surface area contributed by atoms with Crippen LogP contribution in [-0.2, 0) is 11.2 Å². The number of nitrogens with zero attached hydrogens (tertiary/aromatic N) is 4. The van der Waals surface area contributed by atoms with Gasteiger partial charge in [0.1, 0.15) is 5.82 Å². The number of aromatic nitrogens is 3. The van der Waals surface area contributed by atoms with Crippen LogP contribution in [0.5, 0.6) is 0 Å². The molecule has 2 aromatic heterocycles. The van der Waals surface area contributed by atoms with E-state index in [4.69, 9.17) is 9.72 Å². The van der Waals surface area contributed by atoms with Crippen molar-refractivity contribution < 1.29 is 4.74 Å². The lowest BCUT2D eigenvalue weighted by atomic mass is 10.2. The average molecular weight is 298 g/mol. The van der Waals surface area contributed by atoms with Crippen LogP contribution >= 0.6 is 0 Å². The molecule has 1 unspecified atom stereocenters. The molecule has 0 spiro atoms. The maximum absolute atomic E-state index is 5.72. The highest BCUT2D eigenvalue weighted by Crippen LogP contribution is 2.21. The van der Waals surface area contributed by atoms with Crippen LogP contribution in [0, 0.1) is 0 Å². The van der Waals surface area contributed by atoms with E-state index >= 15 is 0 Å². The Balaban J connectivity index is 1.86. The smallest absolute Gasteiger partial charge is 0.161 e. The number of hydrogen-bond acceptors (Lipinski definition) is 5. The maximum atomic E-state index is 5.72. The second-order valence-corrected chi connectivity index (χ2v) is 5.65. The molecule has 22 heavy (non-hydrogen) atoms.